The third kappa shape index (κ3) is 13.1. The van der Waals surface area contributed by atoms with Crippen molar-refractivity contribution in [2.75, 3.05) is 67.3 Å². The Labute approximate surface area is 381 Å². The molecule has 4 aliphatic heterocycles. The van der Waals surface area contributed by atoms with E-state index in [2.05, 4.69) is 17.9 Å². The van der Waals surface area contributed by atoms with Crippen molar-refractivity contribution in [2.45, 2.75) is 167 Å². The number of morpholine rings is 1. The van der Waals surface area contributed by atoms with Crippen LogP contribution in [0.1, 0.15) is 112 Å². The van der Waals surface area contributed by atoms with Crippen LogP contribution in [-0.4, -0.2) is 165 Å². The van der Waals surface area contributed by atoms with E-state index < -0.39 is 77.8 Å². The van der Waals surface area contributed by atoms with Crippen molar-refractivity contribution in [1.29, 1.82) is 0 Å². The molecule has 4 heterocycles. The maximum atomic E-state index is 14.5. The first-order valence-corrected chi connectivity index (χ1v) is 24.1. The number of ether oxygens (including phenoxy) is 7. The molecule has 0 aromatic heterocycles. The number of nitrogens with zero attached hydrogens (tertiary/aromatic N) is 2. The van der Waals surface area contributed by atoms with Gasteiger partial charge in [-0.15, -0.1) is 0 Å². The number of hydrogen-bond acceptors (Lipinski definition) is 14. The fraction of sp³-hybridized carbons (Fsp3) is 0.837. The number of fused-ring (bicyclic) bond motifs is 3. The van der Waals surface area contributed by atoms with E-state index in [0.29, 0.717) is 50.7 Å². The molecule has 1 saturated carbocycles. The van der Waals surface area contributed by atoms with E-state index in [1.165, 1.54) is 4.90 Å². The Morgan fingerprint density at radius 1 is 0.891 bits per heavy atom. The summed E-state index contributed by atoms with van der Waals surface area (Å²) in [4.78, 5) is 60.7. The lowest BCUT2D eigenvalue weighted by molar-refractivity contribution is -0.302. The lowest BCUT2D eigenvalue weighted by atomic mass is 9.81. The molecule has 5 rings (SSSR count). The minimum atomic E-state index is -2.50. The highest BCUT2D eigenvalue weighted by atomic mass is 16.7. The first-order chi connectivity index (χ1) is 30.5. The molecule has 2 N–H and O–H groups in total. The van der Waals surface area contributed by atoms with Gasteiger partial charge in [0.25, 0.3) is 11.7 Å². The van der Waals surface area contributed by atoms with Gasteiger partial charge in [-0.3, -0.25) is 19.3 Å². The predicted molar refractivity (Wildman–Crippen MR) is 239 cm³/mol. The van der Waals surface area contributed by atoms with Crippen LogP contribution in [0.3, 0.4) is 0 Å². The van der Waals surface area contributed by atoms with Gasteiger partial charge in [0.2, 0.25) is 5.79 Å². The van der Waals surface area contributed by atoms with Crippen molar-refractivity contribution >= 4 is 23.4 Å². The lowest BCUT2D eigenvalue weighted by Crippen LogP contribution is -2.64. The SMILES string of the molecule is CCC1C=C(C)CC(C)CC(OC)C2OC(O)(C(=O)C(=O)N3CCCCC3C(=O)OC(C(C)=CC3CCC(OCCN4CCOCC4)C(OC)C3)C(C)C(O)CC1=O)C(C)CC2OC. The number of aliphatic hydroxyl groups excluding tert-OH is 1. The average molecular weight is 905 g/mol. The molecule has 14 unspecified atom stereocenters. The second-order valence-electron chi connectivity index (χ2n) is 19.5. The lowest BCUT2D eigenvalue weighted by Gasteiger charge is -2.47. The van der Waals surface area contributed by atoms with Gasteiger partial charge in [-0.25, -0.2) is 4.79 Å². The monoisotopic (exact) mass is 905 g/mol. The Kier molecular flexibility index (Phi) is 20.0. The van der Waals surface area contributed by atoms with Crippen LogP contribution >= 0.6 is 0 Å². The van der Waals surface area contributed by atoms with Crippen molar-refractivity contribution in [3.63, 3.8) is 0 Å². The largest absolute Gasteiger partial charge is 0.456 e. The number of carbonyl (C=O) groups excluding carboxylic acids is 4. The molecule has 15 nitrogen and oxygen atoms in total. The third-order valence-electron chi connectivity index (χ3n) is 14.7. The fourth-order valence-electron chi connectivity index (χ4n) is 10.7. The first-order valence-electron chi connectivity index (χ1n) is 24.1. The van der Waals surface area contributed by atoms with Crippen molar-refractivity contribution in [2.24, 2.45) is 29.6 Å². The molecule has 5 aliphatic rings. The molecule has 0 aromatic rings. The van der Waals surface area contributed by atoms with Gasteiger partial charge in [0.05, 0.1) is 50.3 Å². The number of amides is 1. The van der Waals surface area contributed by atoms with Crippen LogP contribution < -0.4 is 0 Å². The topological polar surface area (TPSA) is 180 Å². The number of methoxy groups -OCH3 is 3. The van der Waals surface area contributed by atoms with E-state index in [0.717, 1.165) is 51.3 Å². The highest BCUT2D eigenvalue weighted by Gasteiger charge is 2.56. The summed E-state index contributed by atoms with van der Waals surface area (Å²) in [6, 6.07) is -1.13. The standard InChI is InChI=1S/C49H80N2O13/c1-10-36-24-30(2)23-31(3)25-42(59-8)45-43(60-9)27-33(5)49(57,64-45)46(54)47(55)51-16-12-11-13-37(51)48(56)63-44(34(6)38(52)29-39(36)53)32(4)26-35-14-15-40(41(28-35)58-7)62-22-19-50-17-20-61-21-18-50/h24,26,31,33-38,40-45,52,57H,10-23,25,27-29H2,1-9H3. The van der Waals surface area contributed by atoms with Crippen LogP contribution in [0.25, 0.3) is 0 Å². The fourth-order valence-corrected chi connectivity index (χ4v) is 10.7. The number of carbonyl (C=O) groups is 4. The highest BCUT2D eigenvalue weighted by Crippen LogP contribution is 2.39. The number of Topliss-reactive ketones (excluding diaryl/α,β-unsaturated/α-hetero) is 2. The second-order valence-corrected chi connectivity index (χ2v) is 19.5. The first kappa shape index (κ1) is 52.4. The van der Waals surface area contributed by atoms with Crippen molar-refractivity contribution < 1.29 is 62.5 Å². The van der Waals surface area contributed by atoms with Crippen molar-refractivity contribution in [3.8, 4) is 0 Å². The number of aliphatic hydroxyl groups is 2. The van der Waals surface area contributed by atoms with Gasteiger partial charge in [-0.05, 0) is 95.5 Å². The minimum Gasteiger partial charge on any atom is -0.456 e. The van der Waals surface area contributed by atoms with E-state index in [-0.39, 0.29) is 55.6 Å². The van der Waals surface area contributed by atoms with Crippen LogP contribution in [0, 0.1) is 29.6 Å². The second kappa shape index (κ2) is 24.4. The van der Waals surface area contributed by atoms with E-state index >= 15 is 0 Å². The van der Waals surface area contributed by atoms with Crippen LogP contribution in [0.5, 0.6) is 0 Å². The van der Waals surface area contributed by atoms with E-state index in [4.69, 9.17) is 33.2 Å². The summed E-state index contributed by atoms with van der Waals surface area (Å²) in [5.41, 5.74) is 1.72. The summed E-state index contributed by atoms with van der Waals surface area (Å²) in [7, 11) is 4.78. The number of piperidine rings is 1. The molecule has 0 radical (unpaired) electrons. The Balaban J connectivity index is 1.44. The smallest absolute Gasteiger partial charge is 0.329 e. The summed E-state index contributed by atoms with van der Waals surface area (Å²) in [6.07, 6.45) is 5.12. The average Bonchev–Trinajstić information content (AvgIpc) is 3.29. The minimum absolute atomic E-state index is 0.0364. The van der Waals surface area contributed by atoms with Gasteiger partial charge in [0, 0.05) is 71.7 Å². The third-order valence-corrected chi connectivity index (χ3v) is 14.7. The van der Waals surface area contributed by atoms with Crippen molar-refractivity contribution in [1.82, 2.24) is 9.80 Å². The molecular weight excluding hydrogens is 825 g/mol. The zero-order chi connectivity index (χ0) is 46.7. The molecule has 0 aromatic carbocycles. The molecule has 64 heavy (non-hydrogen) atoms. The van der Waals surface area contributed by atoms with Gasteiger partial charge < -0.3 is 48.3 Å². The van der Waals surface area contributed by atoms with Crippen LogP contribution in [0.15, 0.2) is 23.3 Å². The van der Waals surface area contributed by atoms with Gasteiger partial charge in [-0.1, -0.05) is 45.4 Å². The molecular formula is C49H80N2O13. The zero-order valence-electron chi connectivity index (χ0n) is 40.2. The van der Waals surface area contributed by atoms with Gasteiger partial charge in [-0.2, -0.15) is 0 Å². The molecule has 0 spiro atoms. The maximum absolute atomic E-state index is 14.5. The molecule has 364 valence electrons. The number of cyclic esters (lactones) is 1. The molecule has 2 bridgehead atoms. The van der Waals surface area contributed by atoms with Gasteiger partial charge in [0.15, 0.2) is 0 Å². The molecule has 1 aliphatic carbocycles. The maximum Gasteiger partial charge on any atom is 0.329 e. The van der Waals surface area contributed by atoms with E-state index in [1.54, 1.807) is 35.2 Å². The van der Waals surface area contributed by atoms with E-state index in [1.807, 2.05) is 26.8 Å². The zero-order valence-corrected chi connectivity index (χ0v) is 40.2. The van der Waals surface area contributed by atoms with Gasteiger partial charge in [0.1, 0.15) is 24.0 Å². The molecule has 3 saturated heterocycles. The Morgan fingerprint density at radius 2 is 1.58 bits per heavy atom. The summed E-state index contributed by atoms with van der Waals surface area (Å²) >= 11 is 0. The quantitative estimate of drug-likeness (QED) is 0.173. The van der Waals surface area contributed by atoms with Crippen LogP contribution in [0.4, 0.5) is 0 Å². The van der Waals surface area contributed by atoms with Crippen molar-refractivity contribution in [3.05, 3.63) is 23.3 Å². The van der Waals surface area contributed by atoms with E-state index in [9.17, 15) is 29.4 Å². The predicted octanol–water partition coefficient (Wildman–Crippen LogP) is 4.83. The van der Waals surface area contributed by atoms with Crippen LogP contribution in [0.2, 0.25) is 0 Å². The number of ketones is 2. The number of rotatable bonds is 10. The Bertz CT molecular complexity index is 1620. The number of allylic oxidation sites excluding steroid dienone is 3. The summed E-state index contributed by atoms with van der Waals surface area (Å²) < 4.78 is 42.2. The summed E-state index contributed by atoms with van der Waals surface area (Å²) in [5.74, 6) is -7.37. The number of hydrogen-bond donors (Lipinski definition) is 2. The Hall–Kier alpha value is -2.60. The van der Waals surface area contributed by atoms with Crippen LogP contribution in [-0.2, 0) is 52.3 Å². The molecule has 4 fully saturated rings. The number of esters is 1. The normalized spacial score (nSPS) is 38.8. The van der Waals surface area contributed by atoms with Gasteiger partial charge >= 0.3 is 5.97 Å². The molecule has 1 amide bonds. The highest BCUT2D eigenvalue weighted by molar-refractivity contribution is 6.39. The molecule has 15 heteroatoms. The molecule has 14 atom stereocenters. The summed E-state index contributed by atoms with van der Waals surface area (Å²) in [5, 5.41) is 23.9. The summed E-state index contributed by atoms with van der Waals surface area (Å²) in [6.45, 7) is 16.1. The Morgan fingerprint density at radius 3 is 2.25 bits per heavy atom.